The van der Waals surface area contributed by atoms with E-state index in [2.05, 4.69) is 5.32 Å². The predicted molar refractivity (Wildman–Crippen MR) is 111 cm³/mol. The van der Waals surface area contributed by atoms with Gasteiger partial charge in [0, 0.05) is 12.1 Å². The first-order valence-electron chi connectivity index (χ1n) is 9.09. The molecule has 0 spiro atoms. The Labute approximate surface area is 171 Å². The lowest BCUT2D eigenvalue weighted by Gasteiger charge is -2.25. The second-order valence-electron chi connectivity index (χ2n) is 7.91. The van der Waals surface area contributed by atoms with Crippen LogP contribution in [0, 0.1) is 6.92 Å². The molecule has 0 saturated heterocycles. The maximum Gasteiger partial charge on any atom is 0.343 e. The molecule has 7 nitrogen and oxygen atoms in total. The summed E-state index contributed by atoms with van der Waals surface area (Å²) in [4.78, 5) is 12.3. The monoisotopic (exact) mass is 421 g/mol. The van der Waals surface area contributed by atoms with Gasteiger partial charge in [-0.1, -0.05) is 23.8 Å². The number of carbonyl (C=O) groups excluding carboxylic acids is 1. The van der Waals surface area contributed by atoms with Gasteiger partial charge in [-0.3, -0.25) is 4.18 Å². The summed E-state index contributed by atoms with van der Waals surface area (Å²) < 4.78 is 33.7. The SMILES string of the molecule is Cc1cccc(C(=O)Oc2ccc(C(CNC(C)(C)C)OS(C)(=O)=O)cc2O)c1. The molecule has 2 aromatic rings. The van der Waals surface area contributed by atoms with Crippen LogP contribution in [0.25, 0.3) is 0 Å². The van der Waals surface area contributed by atoms with Crippen molar-refractivity contribution in [3.63, 3.8) is 0 Å². The molecule has 8 heteroatoms. The van der Waals surface area contributed by atoms with Crippen LogP contribution in [-0.4, -0.2) is 37.8 Å². The van der Waals surface area contributed by atoms with Gasteiger partial charge in [0.2, 0.25) is 0 Å². The number of carbonyl (C=O) groups is 1. The molecule has 29 heavy (non-hydrogen) atoms. The number of rotatable bonds is 7. The maximum atomic E-state index is 12.3. The summed E-state index contributed by atoms with van der Waals surface area (Å²) in [5, 5.41) is 13.5. The van der Waals surface area contributed by atoms with E-state index in [1.807, 2.05) is 33.8 Å². The van der Waals surface area contributed by atoms with E-state index in [-0.39, 0.29) is 23.6 Å². The van der Waals surface area contributed by atoms with Crippen molar-refractivity contribution < 1.29 is 27.2 Å². The number of hydrogen-bond acceptors (Lipinski definition) is 7. The normalized spacial score (nSPS) is 13.1. The zero-order chi connectivity index (χ0) is 21.8. The van der Waals surface area contributed by atoms with E-state index in [9.17, 15) is 18.3 Å². The van der Waals surface area contributed by atoms with E-state index in [1.54, 1.807) is 24.3 Å². The lowest BCUT2D eigenvalue weighted by molar-refractivity contribution is 0.0729. The van der Waals surface area contributed by atoms with Gasteiger partial charge in [0.1, 0.15) is 6.10 Å². The van der Waals surface area contributed by atoms with Crippen LogP contribution in [0.4, 0.5) is 0 Å². The fourth-order valence-corrected chi connectivity index (χ4v) is 3.17. The van der Waals surface area contributed by atoms with Crippen LogP contribution in [0.2, 0.25) is 0 Å². The highest BCUT2D eigenvalue weighted by molar-refractivity contribution is 7.86. The Morgan fingerprint density at radius 2 is 1.86 bits per heavy atom. The van der Waals surface area contributed by atoms with E-state index in [0.717, 1.165) is 11.8 Å². The highest BCUT2D eigenvalue weighted by Gasteiger charge is 2.22. The summed E-state index contributed by atoms with van der Waals surface area (Å²) in [6.07, 6.45) is 0.117. The third-order valence-electron chi connectivity index (χ3n) is 3.92. The third kappa shape index (κ3) is 7.49. The number of ether oxygens (including phenoxy) is 1. The molecule has 0 radical (unpaired) electrons. The molecule has 2 rings (SSSR count). The third-order valence-corrected chi connectivity index (χ3v) is 4.50. The van der Waals surface area contributed by atoms with Crippen LogP contribution in [0.3, 0.4) is 0 Å². The summed E-state index contributed by atoms with van der Waals surface area (Å²) in [6.45, 7) is 7.89. The number of nitrogens with one attached hydrogen (secondary N) is 1. The lowest BCUT2D eigenvalue weighted by Crippen LogP contribution is -2.39. The van der Waals surface area contributed by atoms with Crippen molar-refractivity contribution in [1.29, 1.82) is 0 Å². The molecule has 0 aromatic heterocycles. The van der Waals surface area contributed by atoms with E-state index in [4.69, 9.17) is 8.92 Å². The highest BCUT2D eigenvalue weighted by Crippen LogP contribution is 2.31. The standard InChI is InChI=1S/C21H27NO6S/c1-14-7-6-8-16(11-14)20(24)27-18-10-9-15(12-17(18)23)19(28-29(5,25)26)13-22-21(2,3)4/h6-12,19,22-23H,13H2,1-5H3. The molecule has 0 aliphatic carbocycles. The van der Waals surface area contributed by atoms with Gasteiger partial charge in [-0.05, 0) is 57.5 Å². The summed E-state index contributed by atoms with van der Waals surface area (Å²) in [5.41, 5.74) is 1.44. The Morgan fingerprint density at radius 3 is 2.41 bits per heavy atom. The largest absolute Gasteiger partial charge is 0.504 e. The number of hydrogen-bond donors (Lipinski definition) is 2. The molecule has 1 atom stereocenters. The van der Waals surface area contributed by atoms with Crippen molar-refractivity contribution in [1.82, 2.24) is 5.32 Å². The Hall–Kier alpha value is -2.42. The summed E-state index contributed by atoms with van der Waals surface area (Å²) in [6, 6.07) is 11.2. The fraction of sp³-hybridized carbons (Fsp3) is 0.381. The molecule has 0 fully saturated rings. The number of phenols is 1. The van der Waals surface area contributed by atoms with E-state index in [0.29, 0.717) is 11.1 Å². The molecule has 0 aliphatic rings. The second-order valence-corrected chi connectivity index (χ2v) is 9.51. The van der Waals surface area contributed by atoms with Crippen LogP contribution in [0.15, 0.2) is 42.5 Å². The van der Waals surface area contributed by atoms with Crippen LogP contribution in [0.1, 0.15) is 48.4 Å². The van der Waals surface area contributed by atoms with E-state index >= 15 is 0 Å². The van der Waals surface area contributed by atoms with Crippen LogP contribution in [-0.2, 0) is 14.3 Å². The maximum absolute atomic E-state index is 12.3. The molecule has 0 bridgehead atoms. The Kier molecular flexibility index (Phi) is 7.05. The van der Waals surface area contributed by atoms with Gasteiger partial charge in [0.05, 0.1) is 11.8 Å². The Bertz CT molecular complexity index is 979. The number of benzene rings is 2. The molecule has 158 valence electrons. The number of aromatic hydroxyl groups is 1. The highest BCUT2D eigenvalue weighted by atomic mass is 32.2. The van der Waals surface area contributed by atoms with Crippen molar-refractivity contribution in [2.24, 2.45) is 0 Å². The smallest absolute Gasteiger partial charge is 0.343 e. The zero-order valence-corrected chi connectivity index (χ0v) is 18.0. The van der Waals surface area contributed by atoms with Gasteiger partial charge < -0.3 is 15.2 Å². The summed E-state index contributed by atoms with van der Waals surface area (Å²) >= 11 is 0. The van der Waals surface area contributed by atoms with Gasteiger partial charge in [0.25, 0.3) is 10.1 Å². The predicted octanol–water partition coefficient (Wildman–Crippen LogP) is 3.33. The molecular weight excluding hydrogens is 394 g/mol. The summed E-state index contributed by atoms with van der Waals surface area (Å²) in [7, 11) is -3.73. The van der Waals surface area contributed by atoms with Gasteiger partial charge in [0.15, 0.2) is 11.5 Å². The average Bonchev–Trinajstić information content (AvgIpc) is 2.58. The zero-order valence-electron chi connectivity index (χ0n) is 17.2. The second kappa shape index (κ2) is 8.94. The Balaban J connectivity index is 2.23. The van der Waals surface area contributed by atoms with Crippen molar-refractivity contribution in [2.45, 2.75) is 39.3 Å². The minimum atomic E-state index is -3.73. The molecule has 2 N–H and O–H groups in total. The minimum Gasteiger partial charge on any atom is -0.504 e. The van der Waals surface area contributed by atoms with Gasteiger partial charge in [-0.15, -0.1) is 0 Å². The fourth-order valence-electron chi connectivity index (χ4n) is 2.57. The number of aryl methyl sites for hydroxylation is 1. The van der Waals surface area contributed by atoms with Crippen molar-refractivity contribution >= 4 is 16.1 Å². The number of phenolic OH excluding ortho intramolecular Hbond substituents is 1. The lowest BCUT2D eigenvalue weighted by atomic mass is 10.1. The Morgan fingerprint density at radius 1 is 1.17 bits per heavy atom. The van der Waals surface area contributed by atoms with Gasteiger partial charge >= 0.3 is 5.97 Å². The average molecular weight is 422 g/mol. The summed E-state index contributed by atoms with van der Waals surface area (Å²) in [5.74, 6) is -0.918. The van der Waals surface area contributed by atoms with Gasteiger partial charge in [-0.25, -0.2) is 4.79 Å². The minimum absolute atomic E-state index is 0.0258. The van der Waals surface area contributed by atoms with Crippen LogP contribution in [0.5, 0.6) is 11.5 Å². The topological polar surface area (TPSA) is 102 Å². The van der Waals surface area contributed by atoms with Crippen LogP contribution < -0.4 is 10.1 Å². The molecule has 2 aromatic carbocycles. The van der Waals surface area contributed by atoms with Crippen LogP contribution >= 0.6 is 0 Å². The van der Waals surface area contributed by atoms with Crippen molar-refractivity contribution in [3.05, 3.63) is 59.2 Å². The number of esters is 1. The molecular formula is C21H27NO6S. The molecule has 0 amide bonds. The first-order chi connectivity index (χ1) is 13.3. The quantitative estimate of drug-likeness (QED) is 0.402. The molecule has 1 unspecified atom stereocenters. The first-order valence-corrected chi connectivity index (χ1v) is 10.9. The molecule has 0 saturated carbocycles. The van der Waals surface area contributed by atoms with Crippen molar-refractivity contribution in [3.8, 4) is 11.5 Å². The van der Waals surface area contributed by atoms with Gasteiger partial charge in [-0.2, -0.15) is 8.42 Å². The van der Waals surface area contributed by atoms with E-state index in [1.165, 1.54) is 12.1 Å². The molecule has 0 aliphatic heterocycles. The van der Waals surface area contributed by atoms with E-state index < -0.39 is 22.2 Å². The first kappa shape index (κ1) is 22.9. The van der Waals surface area contributed by atoms with Crippen molar-refractivity contribution in [2.75, 3.05) is 12.8 Å². The molecule has 0 heterocycles.